The smallest absolute Gasteiger partial charge is 0.239 e. The monoisotopic (exact) mass is 346 g/mol. The Morgan fingerprint density at radius 1 is 1.48 bits per heavy atom. The van der Waals surface area contributed by atoms with Crippen LogP contribution in [0.15, 0.2) is 16.7 Å². The molecule has 3 rings (SSSR count). The number of aryl methyl sites for hydroxylation is 3. The highest BCUT2D eigenvalue weighted by Crippen LogP contribution is 2.17. The molecule has 0 unspecified atom stereocenters. The first-order valence-corrected chi connectivity index (χ1v) is 8.55. The third-order valence-corrected chi connectivity index (χ3v) is 4.56. The van der Waals surface area contributed by atoms with Crippen LogP contribution in [0.3, 0.4) is 0 Å². The third kappa shape index (κ3) is 4.46. The van der Waals surface area contributed by atoms with Gasteiger partial charge >= 0.3 is 0 Å². The van der Waals surface area contributed by atoms with Gasteiger partial charge in [-0.3, -0.25) is 19.3 Å². The van der Waals surface area contributed by atoms with E-state index < -0.39 is 0 Å². The fraction of sp³-hybridized carbons (Fsp3) is 0.588. The Hall–Kier alpha value is -2.19. The zero-order valence-corrected chi connectivity index (χ0v) is 15.3. The van der Waals surface area contributed by atoms with Gasteiger partial charge in [-0.05, 0) is 27.3 Å². The molecule has 1 N–H and O–H groups in total. The number of carbonyl (C=O) groups excluding carboxylic acids is 1. The van der Waals surface area contributed by atoms with Crippen molar-refractivity contribution in [1.29, 1.82) is 0 Å². The van der Waals surface area contributed by atoms with Gasteiger partial charge in [0.1, 0.15) is 11.6 Å². The molecule has 136 valence electrons. The molecule has 0 saturated carbocycles. The molecule has 1 amide bonds. The molecule has 0 bridgehead atoms. The molecule has 1 atom stereocenters. The quantitative estimate of drug-likeness (QED) is 0.846. The Morgan fingerprint density at radius 3 is 2.92 bits per heavy atom. The standard InChI is InChI=1S/C17H26N6O2/c1-12-7-15(22(4)20-12)19-16(24)10-23-6-5-14(9-23)21(3)11-17-18-8-13(2)25-17/h7-8,14H,5-6,9-11H2,1-4H3,(H,19,24)/t14-/m0/s1. The lowest BCUT2D eigenvalue weighted by Crippen LogP contribution is -2.37. The summed E-state index contributed by atoms with van der Waals surface area (Å²) >= 11 is 0. The zero-order chi connectivity index (χ0) is 18.0. The fourth-order valence-corrected chi connectivity index (χ4v) is 3.25. The fourth-order valence-electron chi connectivity index (χ4n) is 3.25. The van der Waals surface area contributed by atoms with Gasteiger partial charge in [0, 0.05) is 32.2 Å². The number of rotatable bonds is 6. The average molecular weight is 346 g/mol. The molecule has 0 aliphatic carbocycles. The van der Waals surface area contributed by atoms with E-state index >= 15 is 0 Å². The first kappa shape index (κ1) is 17.6. The Kier molecular flexibility index (Phi) is 5.19. The van der Waals surface area contributed by atoms with Gasteiger partial charge in [-0.25, -0.2) is 4.98 Å². The summed E-state index contributed by atoms with van der Waals surface area (Å²) in [5.74, 6) is 2.30. The zero-order valence-electron chi connectivity index (χ0n) is 15.3. The normalized spacial score (nSPS) is 18.2. The highest BCUT2D eigenvalue weighted by molar-refractivity contribution is 5.91. The van der Waals surface area contributed by atoms with E-state index in [1.807, 2.05) is 27.0 Å². The highest BCUT2D eigenvalue weighted by Gasteiger charge is 2.27. The van der Waals surface area contributed by atoms with Crippen LogP contribution in [-0.4, -0.2) is 63.2 Å². The number of likely N-dealkylation sites (tertiary alicyclic amines) is 1. The Balaban J connectivity index is 1.47. The number of amides is 1. The van der Waals surface area contributed by atoms with Gasteiger partial charge in [-0.2, -0.15) is 5.10 Å². The average Bonchev–Trinajstić information content (AvgIpc) is 3.22. The number of carbonyl (C=O) groups is 1. The molecule has 1 saturated heterocycles. The van der Waals surface area contributed by atoms with Crippen molar-refractivity contribution < 1.29 is 9.21 Å². The summed E-state index contributed by atoms with van der Waals surface area (Å²) in [5.41, 5.74) is 0.891. The summed E-state index contributed by atoms with van der Waals surface area (Å²) < 4.78 is 7.23. The summed E-state index contributed by atoms with van der Waals surface area (Å²) in [5, 5.41) is 7.17. The summed E-state index contributed by atoms with van der Waals surface area (Å²) in [6.45, 7) is 6.67. The maximum Gasteiger partial charge on any atom is 0.239 e. The first-order valence-electron chi connectivity index (χ1n) is 8.55. The van der Waals surface area contributed by atoms with Crippen molar-refractivity contribution in [2.24, 2.45) is 7.05 Å². The van der Waals surface area contributed by atoms with Crippen molar-refractivity contribution >= 4 is 11.7 Å². The van der Waals surface area contributed by atoms with Gasteiger partial charge < -0.3 is 9.73 Å². The van der Waals surface area contributed by atoms with E-state index in [1.54, 1.807) is 10.9 Å². The number of oxazole rings is 1. The van der Waals surface area contributed by atoms with E-state index in [-0.39, 0.29) is 5.91 Å². The minimum absolute atomic E-state index is 0.00497. The minimum atomic E-state index is -0.00497. The number of aromatic nitrogens is 3. The molecule has 1 aliphatic rings. The van der Waals surface area contributed by atoms with Crippen molar-refractivity contribution in [3.63, 3.8) is 0 Å². The van der Waals surface area contributed by atoms with Crippen molar-refractivity contribution in [2.45, 2.75) is 32.9 Å². The van der Waals surface area contributed by atoms with Gasteiger partial charge in [-0.15, -0.1) is 0 Å². The summed E-state index contributed by atoms with van der Waals surface area (Å²) in [6.07, 6.45) is 2.78. The van der Waals surface area contributed by atoms with E-state index in [2.05, 4.69) is 32.2 Å². The number of nitrogens with zero attached hydrogens (tertiary/aromatic N) is 5. The second-order valence-corrected chi connectivity index (χ2v) is 6.80. The number of nitrogens with one attached hydrogen (secondary N) is 1. The minimum Gasteiger partial charge on any atom is -0.445 e. The number of likely N-dealkylation sites (N-methyl/N-ethyl adjacent to an activating group) is 1. The maximum atomic E-state index is 12.3. The molecule has 2 aromatic rings. The van der Waals surface area contributed by atoms with Crippen molar-refractivity contribution in [3.8, 4) is 0 Å². The number of hydrogen-bond donors (Lipinski definition) is 1. The van der Waals surface area contributed by atoms with Gasteiger partial charge in [0.05, 0.1) is 25.0 Å². The molecule has 3 heterocycles. The van der Waals surface area contributed by atoms with Crippen molar-refractivity contribution in [2.75, 3.05) is 32.0 Å². The van der Waals surface area contributed by atoms with E-state index in [0.29, 0.717) is 19.1 Å². The van der Waals surface area contributed by atoms with Gasteiger partial charge in [-0.1, -0.05) is 0 Å². The largest absolute Gasteiger partial charge is 0.445 e. The van der Waals surface area contributed by atoms with Crippen LogP contribution < -0.4 is 5.32 Å². The lowest BCUT2D eigenvalue weighted by Gasteiger charge is -2.23. The van der Waals surface area contributed by atoms with Crippen LogP contribution >= 0.6 is 0 Å². The molecule has 25 heavy (non-hydrogen) atoms. The molecule has 2 aromatic heterocycles. The SMILES string of the molecule is Cc1cc(NC(=O)CN2CC[C@H](N(C)Cc3ncc(C)o3)C2)n(C)n1. The van der Waals surface area contributed by atoms with Gasteiger partial charge in [0.15, 0.2) is 0 Å². The highest BCUT2D eigenvalue weighted by atomic mass is 16.4. The van der Waals surface area contributed by atoms with E-state index in [4.69, 9.17) is 4.42 Å². The van der Waals surface area contributed by atoms with Crippen LogP contribution in [0.2, 0.25) is 0 Å². The molecule has 0 spiro atoms. The Labute approximate surface area is 147 Å². The summed E-state index contributed by atoms with van der Waals surface area (Å²) in [7, 11) is 3.90. The second-order valence-electron chi connectivity index (χ2n) is 6.80. The van der Waals surface area contributed by atoms with Gasteiger partial charge in [0.25, 0.3) is 0 Å². The van der Waals surface area contributed by atoms with E-state index in [9.17, 15) is 4.79 Å². The molecule has 1 fully saturated rings. The maximum absolute atomic E-state index is 12.3. The Morgan fingerprint density at radius 2 is 2.28 bits per heavy atom. The third-order valence-electron chi connectivity index (χ3n) is 4.56. The molecular weight excluding hydrogens is 320 g/mol. The molecule has 0 radical (unpaired) electrons. The molecule has 8 heteroatoms. The first-order chi connectivity index (χ1) is 11.9. The summed E-state index contributed by atoms with van der Waals surface area (Å²) in [6, 6.07) is 2.27. The molecule has 8 nitrogen and oxygen atoms in total. The van der Waals surface area contributed by atoms with Crippen molar-refractivity contribution in [3.05, 3.63) is 29.6 Å². The molecule has 0 aromatic carbocycles. The second kappa shape index (κ2) is 7.37. The van der Waals surface area contributed by atoms with Crippen LogP contribution in [0.5, 0.6) is 0 Å². The predicted molar refractivity (Wildman–Crippen MR) is 94.1 cm³/mol. The van der Waals surface area contributed by atoms with Crippen LogP contribution in [0.4, 0.5) is 5.82 Å². The van der Waals surface area contributed by atoms with Crippen LogP contribution in [0, 0.1) is 13.8 Å². The predicted octanol–water partition coefficient (Wildman–Crippen LogP) is 1.17. The van der Waals surface area contributed by atoms with E-state index in [0.717, 1.165) is 42.7 Å². The van der Waals surface area contributed by atoms with Crippen molar-refractivity contribution in [1.82, 2.24) is 24.6 Å². The topological polar surface area (TPSA) is 79.4 Å². The van der Waals surface area contributed by atoms with Crippen LogP contribution in [0.1, 0.15) is 23.8 Å². The van der Waals surface area contributed by atoms with Crippen LogP contribution in [-0.2, 0) is 18.4 Å². The summed E-state index contributed by atoms with van der Waals surface area (Å²) in [4.78, 5) is 20.9. The van der Waals surface area contributed by atoms with E-state index in [1.165, 1.54) is 0 Å². The Bertz CT molecular complexity index is 737. The number of anilines is 1. The molecule has 1 aliphatic heterocycles. The van der Waals surface area contributed by atoms with Gasteiger partial charge in [0.2, 0.25) is 11.8 Å². The number of hydrogen-bond acceptors (Lipinski definition) is 6. The van der Waals surface area contributed by atoms with Crippen LogP contribution in [0.25, 0.3) is 0 Å². The lowest BCUT2D eigenvalue weighted by molar-refractivity contribution is -0.117. The molecular formula is C17H26N6O2. The lowest BCUT2D eigenvalue weighted by atomic mass is 10.2.